The van der Waals surface area contributed by atoms with Gasteiger partial charge in [0.15, 0.2) is 0 Å². The molecule has 0 atom stereocenters. The number of nitrogens with one attached hydrogen (secondary N) is 2. The van der Waals surface area contributed by atoms with Gasteiger partial charge in [0.1, 0.15) is 0 Å². The highest BCUT2D eigenvalue weighted by Gasteiger charge is 2.37. The van der Waals surface area contributed by atoms with Crippen molar-refractivity contribution in [2.24, 2.45) is 7.05 Å². The molecule has 0 radical (unpaired) electrons. The molecule has 158 valence electrons. The summed E-state index contributed by atoms with van der Waals surface area (Å²) in [5.74, 6) is -2.51. The molecule has 1 aromatic heterocycles. The molecule has 2 heterocycles. The Morgan fingerprint density at radius 1 is 1.07 bits per heavy atom. The summed E-state index contributed by atoms with van der Waals surface area (Å²) < 4.78 is 2.16. The van der Waals surface area contributed by atoms with E-state index >= 15 is 0 Å². The molecule has 0 saturated carbocycles. The number of carboxylic acids is 2. The normalized spacial score (nSPS) is 18.2. The number of aryl methyl sites for hydroxylation is 1. The van der Waals surface area contributed by atoms with E-state index in [1.807, 2.05) is 0 Å². The molecule has 29 heavy (non-hydrogen) atoms. The molecule has 4 N–H and O–H groups in total. The van der Waals surface area contributed by atoms with Crippen LogP contribution in [0.1, 0.15) is 40.5 Å². The van der Waals surface area contributed by atoms with E-state index in [0.717, 1.165) is 12.8 Å². The lowest BCUT2D eigenvalue weighted by molar-refractivity contribution is -0.134. The fourth-order valence-corrected chi connectivity index (χ4v) is 4.17. The van der Waals surface area contributed by atoms with Crippen LogP contribution in [-0.4, -0.2) is 43.8 Å². The molecule has 0 unspecified atom stereocenters. The van der Waals surface area contributed by atoms with Gasteiger partial charge in [0, 0.05) is 59.1 Å². The minimum Gasteiger partial charge on any atom is -0.478 e. The Balaban J connectivity index is 0.000000321. The van der Waals surface area contributed by atoms with E-state index < -0.39 is 11.9 Å². The summed E-state index contributed by atoms with van der Waals surface area (Å²) in [5, 5.41) is 24.4. The number of benzene rings is 1. The van der Waals surface area contributed by atoms with Crippen LogP contribution in [0.15, 0.2) is 42.6 Å². The van der Waals surface area contributed by atoms with E-state index in [1.54, 1.807) is 0 Å². The molecule has 2 aromatic rings. The first kappa shape index (κ1) is 22.5. The molecule has 1 fully saturated rings. The number of piperidine rings is 1. The van der Waals surface area contributed by atoms with E-state index in [0.29, 0.717) is 18.2 Å². The highest BCUT2D eigenvalue weighted by molar-refractivity contribution is 5.89. The summed E-state index contributed by atoms with van der Waals surface area (Å²) >= 11 is 0. The minimum absolute atomic E-state index is 0.177. The highest BCUT2D eigenvalue weighted by atomic mass is 16.4. The van der Waals surface area contributed by atoms with Gasteiger partial charge in [-0.1, -0.05) is 0 Å². The summed E-state index contributed by atoms with van der Waals surface area (Å²) in [6, 6.07) is 9.35. The summed E-state index contributed by atoms with van der Waals surface area (Å²) in [6.07, 6.45) is 5.52. The lowest BCUT2D eigenvalue weighted by Gasteiger charge is -2.47. The number of aliphatic carboxylic acids is 2. The number of hydrogen-bond donors (Lipinski definition) is 4. The Labute approximate surface area is 171 Å². The Morgan fingerprint density at radius 3 is 2.14 bits per heavy atom. The molecule has 0 aliphatic carbocycles. The van der Waals surface area contributed by atoms with Crippen molar-refractivity contribution in [3.05, 3.63) is 42.6 Å². The Morgan fingerprint density at radius 2 is 1.62 bits per heavy atom. The topological polar surface area (TPSA) is 104 Å². The molecule has 1 saturated heterocycles. The number of carboxylic acid groups (broad SMARTS) is 2. The summed E-state index contributed by atoms with van der Waals surface area (Å²) in [4.78, 5) is 19.1. The van der Waals surface area contributed by atoms with Gasteiger partial charge in [-0.15, -0.1) is 0 Å². The second kappa shape index (κ2) is 8.69. The maximum Gasteiger partial charge on any atom is 0.328 e. The predicted octanol–water partition coefficient (Wildman–Crippen LogP) is 3.61. The number of rotatable bonds is 4. The number of hydrogen-bond acceptors (Lipinski definition) is 4. The average molecular weight is 402 g/mol. The van der Waals surface area contributed by atoms with Crippen molar-refractivity contribution in [3.8, 4) is 0 Å². The standard InChI is InChI=1S/C18H27N3.C4H4O4/c1-17(2)11-15(12-18(3,4)20-17)19-14-6-7-16-13(10-14)8-9-21(16)5;5-3(6)1-2-4(7)8/h6-10,15,19-20H,11-12H2,1-5H3;1-2H,(H,5,6)(H,7,8)/b;2-1+. The van der Waals surface area contributed by atoms with Crippen LogP contribution < -0.4 is 10.6 Å². The number of nitrogens with zero attached hydrogens (tertiary/aromatic N) is 1. The monoisotopic (exact) mass is 401 g/mol. The second-order valence-corrected chi connectivity index (χ2v) is 8.85. The summed E-state index contributed by atoms with van der Waals surface area (Å²) in [7, 11) is 2.09. The van der Waals surface area contributed by atoms with Crippen LogP contribution in [0.4, 0.5) is 5.69 Å². The van der Waals surface area contributed by atoms with Crippen molar-refractivity contribution in [2.75, 3.05) is 5.32 Å². The van der Waals surface area contributed by atoms with Gasteiger partial charge in [0.2, 0.25) is 0 Å². The quantitative estimate of drug-likeness (QED) is 0.584. The minimum atomic E-state index is -1.26. The van der Waals surface area contributed by atoms with Gasteiger partial charge in [-0.3, -0.25) is 0 Å². The zero-order chi connectivity index (χ0) is 21.8. The van der Waals surface area contributed by atoms with E-state index in [-0.39, 0.29) is 11.1 Å². The molecule has 1 aromatic carbocycles. The maximum absolute atomic E-state index is 9.55. The summed E-state index contributed by atoms with van der Waals surface area (Å²) in [5.41, 5.74) is 2.87. The number of anilines is 1. The zero-order valence-electron chi connectivity index (χ0n) is 17.7. The van der Waals surface area contributed by atoms with Crippen molar-refractivity contribution in [1.82, 2.24) is 9.88 Å². The Bertz CT molecular complexity index is 880. The maximum atomic E-state index is 9.55. The van der Waals surface area contributed by atoms with Crippen LogP contribution in [0.2, 0.25) is 0 Å². The molecule has 0 bridgehead atoms. The van der Waals surface area contributed by atoms with Crippen molar-refractivity contribution in [2.45, 2.75) is 57.7 Å². The van der Waals surface area contributed by atoms with E-state index in [9.17, 15) is 9.59 Å². The molecule has 0 amide bonds. The Kier molecular flexibility index (Phi) is 6.74. The first-order chi connectivity index (χ1) is 13.4. The molecule has 1 aliphatic rings. The number of aromatic nitrogens is 1. The largest absolute Gasteiger partial charge is 0.478 e. The zero-order valence-corrected chi connectivity index (χ0v) is 17.7. The van der Waals surface area contributed by atoms with Gasteiger partial charge in [0.05, 0.1) is 0 Å². The van der Waals surface area contributed by atoms with Gasteiger partial charge < -0.3 is 25.4 Å². The van der Waals surface area contributed by atoms with Crippen LogP contribution in [0.5, 0.6) is 0 Å². The SMILES string of the molecule is Cn1ccc2cc(NC3CC(C)(C)NC(C)(C)C3)ccc21.O=C(O)/C=C/C(=O)O. The van der Waals surface area contributed by atoms with E-state index in [4.69, 9.17) is 10.2 Å². The predicted molar refractivity (Wildman–Crippen MR) is 115 cm³/mol. The third-order valence-corrected chi connectivity index (χ3v) is 4.81. The average Bonchev–Trinajstić information content (AvgIpc) is 2.91. The second-order valence-electron chi connectivity index (χ2n) is 8.85. The highest BCUT2D eigenvalue weighted by Crippen LogP contribution is 2.31. The van der Waals surface area contributed by atoms with Crippen LogP contribution in [0.25, 0.3) is 10.9 Å². The molecular formula is C22H31N3O4. The van der Waals surface area contributed by atoms with Gasteiger partial charge in [-0.25, -0.2) is 9.59 Å². The lowest BCUT2D eigenvalue weighted by Crippen LogP contribution is -2.60. The van der Waals surface area contributed by atoms with Gasteiger partial charge in [-0.05, 0) is 64.8 Å². The molecular weight excluding hydrogens is 370 g/mol. The van der Waals surface area contributed by atoms with Crippen molar-refractivity contribution >= 4 is 28.5 Å². The molecule has 3 rings (SSSR count). The molecule has 7 nitrogen and oxygen atoms in total. The Hall–Kier alpha value is -2.80. The number of fused-ring (bicyclic) bond motifs is 1. The van der Waals surface area contributed by atoms with Crippen molar-refractivity contribution in [3.63, 3.8) is 0 Å². The smallest absolute Gasteiger partial charge is 0.328 e. The fourth-order valence-electron chi connectivity index (χ4n) is 4.17. The first-order valence-corrected chi connectivity index (χ1v) is 9.62. The van der Waals surface area contributed by atoms with Crippen molar-refractivity contribution in [1.29, 1.82) is 0 Å². The van der Waals surface area contributed by atoms with Crippen molar-refractivity contribution < 1.29 is 19.8 Å². The number of carbonyl (C=O) groups is 2. The summed E-state index contributed by atoms with van der Waals surface area (Å²) in [6.45, 7) is 9.18. The molecule has 7 heteroatoms. The van der Waals surface area contributed by atoms with Crippen LogP contribution in [-0.2, 0) is 16.6 Å². The first-order valence-electron chi connectivity index (χ1n) is 9.62. The van der Waals surface area contributed by atoms with Crippen LogP contribution >= 0.6 is 0 Å². The van der Waals surface area contributed by atoms with E-state index in [1.165, 1.54) is 16.6 Å². The lowest BCUT2D eigenvalue weighted by atomic mass is 9.79. The van der Waals surface area contributed by atoms with Crippen LogP contribution in [0.3, 0.4) is 0 Å². The van der Waals surface area contributed by atoms with Crippen LogP contribution in [0, 0.1) is 0 Å². The molecule has 1 aliphatic heterocycles. The fraction of sp³-hybridized carbons (Fsp3) is 0.455. The van der Waals surface area contributed by atoms with Gasteiger partial charge in [0.25, 0.3) is 0 Å². The van der Waals surface area contributed by atoms with Gasteiger partial charge >= 0.3 is 11.9 Å². The van der Waals surface area contributed by atoms with Gasteiger partial charge in [-0.2, -0.15) is 0 Å². The molecule has 0 spiro atoms. The third-order valence-electron chi connectivity index (χ3n) is 4.81. The van der Waals surface area contributed by atoms with E-state index in [2.05, 4.69) is 80.4 Å². The third kappa shape index (κ3) is 6.94.